The Kier molecular flexibility index (Phi) is 7.46. The summed E-state index contributed by atoms with van der Waals surface area (Å²) >= 11 is 0. The van der Waals surface area contributed by atoms with Crippen molar-refractivity contribution in [2.45, 2.75) is 59.3 Å². The van der Waals surface area contributed by atoms with E-state index in [1.165, 1.54) is 5.56 Å². The number of carbonyl (C=O) groups is 1. The molecule has 136 valence electrons. The van der Waals surface area contributed by atoms with Gasteiger partial charge < -0.3 is 5.32 Å². The molecule has 1 rings (SSSR count). The lowest BCUT2D eigenvalue weighted by atomic mass is 9.94. The van der Waals surface area contributed by atoms with Gasteiger partial charge in [0.05, 0.1) is 11.3 Å². The van der Waals surface area contributed by atoms with E-state index in [2.05, 4.69) is 31.3 Å². The highest BCUT2D eigenvalue weighted by atomic mass is 32.2. The molecular weight excluding hydrogens is 322 g/mol. The zero-order chi connectivity index (χ0) is 18.5. The van der Waals surface area contributed by atoms with E-state index in [4.69, 9.17) is 0 Å². The highest BCUT2D eigenvalue weighted by Crippen LogP contribution is 2.23. The first-order valence-corrected chi connectivity index (χ1v) is 10.3. The smallest absolute Gasteiger partial charge is 0.235 e. The van der Waals surface area contributed by atoms with Gasteiger partial charge in [-0.15, -0.1) is 0 Å². The van der Waals surface area contributed by atoms with E-state index in [-0.39, 0.29) is 12.0 Å². The molecule has 0 radical (unpaired) electrons. The van der Waals surface area contributed by atoms with Crippen LogP contribution in [-0.4, -0.2) is 25.3 Å². The van der Waals surface area contributed by atoms with Gasteiger partial charge >= 0.3 is 0 Å². The number of rotatable bonds is 8. The van der Waals surface area contributed by atoms with Gasteiger partial charge in [-0.25, -0.2) is 8.42 Å². The lowest BCUT2D eigenvalue weighted by Gasteiger charge is -2.23. The summed E-state index contributed by atoms with van der Waals surface area (Å²) < 4.78 is 23.8. The van der Waals surface area contributed by atoms with Gasteiger partial charge in [-0.1, -0.05) is 52.0 Å². The standard InChI is InChI=1S/C19H31NO3S/c1-13(2)11-16-7-9-17(10-8-16)19(14(3)4)20-18(21)12-24(22,23)15(5)6/h7-10,13-15,19H,11-12H2,1-6H3,(H,20,21). The fraction of sp³-hybridized carbons (Fsp3) is 0.632. The maximum Gasteiger partial charge on any atom is 0.235 e. The number of hydrogen-bond acceptors (Lipinski definition) is 3. The molecule has 1 atom stereocenters. The summed E-state index contributed by atoms with van der Waals surface area (Å²) in [6, 6.07) is 8.04. The molecule has 0 saturated heterocycles. The molecule has 0 bridgehead atoms. The van der Waals surface area contributed by atoms with Crippen LogP contribution in [0.15, 0.2) is 24.3 Å². The number of hydrogen-bond donors (Lipinski definition) is 1. The fourth-order valence-corrected chi connectivity index (χ4v) is 3.31. The minimum Gasteiger partial charge on any atom is -0.348 e. The molecule has 4 nitrogen and oxygen atoms in total. The fourth-order valence-electron chi connectivity index (χ4n) is 2.53. The number of nitrogens with one attached hydrogen (secondary N) is 1. The summed E-state index contributed by atoms with van der Waals surface area (Å²) in [6.07, 6.45) is 1.02. The maximum atomic E-state index is 12.2. The third-order valence-electron chi connectivity index (χ3n) is 4.02. The Morgan fingerprint density at radius 2 is 1.54 bits per heavy atom. The van der Waals surface area contributed by atoms with Crippen molar-refractivity contribution in [2.75, 3.05) is 5.75 Å². The number of sulfone groups is 1. The van der Waals surface area contributed by atoms with Crippen molar-refractivity contribution in [3.05, 3.63) is 35.4 Å². The first kappa shape index (κ1) is 20.7. The van der Waals surface area contributed by atoms with Gasteiger partial charge in [-0.2, -0.15) is 0 Å². The topological polar surface area (TPSA) is 63.2 Å². The lowest BCUT2D eigenvalue weighted by Crippen LogP contribution is -2.37. The summed E-state index contributed by atoms with van der Waals surface area (Å²) in [5, 5.41) is 2.34. The van der Waals surface area contributed by atoms with Crippen LogP contribution in [0.4, 0.5) is 0 Å². The van der Waals surface area contributed by atoms with Gasteiger partial charge in [-0.05, 0) is 43.2 Å². The third-order valence-corrected chi connectivity index (χ3v) is 6.12. The van der Waals surface area contributed by atoms with Crippen molar-refractivity contribution in [3.63, 3.8) is 0 Å². The molecule has 1 unspecified atom stereocenters. The molecule has 0 heterocycles. The molecule has 24 heavy (non-hydrogen) atoms. The Morgan fingerprint density at radius 3 is 1.96 bits per heavy atom. The molecule has 0 aliphatic rings. The molecule has 0 spiro atoms. The summed E-state index contributed by atoms with van der Waals surface area (Å²) in [5.41, 5.74) is 2.28. The maximum absolute atomic E-state index is 12.2. The van der Waals surface area contributed by atoms with Crippen LogP contribution in [0.3, 0.4) is 0 Å². The summed E-state index contributed by atoms with van der Waals surface area (Å²) in [6.45, 7) is 11.6. The second-order valence-corrected chi connectivity index (χ2v) is 10.0. The Bertz CT molecular complexity index is 631. The lowest BCUT2D eigenvalue weighted by molar-refractivity contribution is -0.119. The van der Waals surface area contributed by atoms with Crippen LogP contribution >= 0.6 is 0 Å². The molecule has 0 aromatic heterocycles. The number of amides is 1. The van der Waals surface area contributed by atoms with Gasteiger partial charge in [-0.3, -0.25) is 4.79 Å². The van der Waals surface area contributed by atoms with Crippen LogP contribution in [0.5, 0.6) is 0 Å². The zero-order valence-corrected chi connectivity index (χ0v) is 16.5. The van der Waals surface area contributed by atoms with Gasteiger partial charge in [0.2, 0.25) is 5.91 Å². The van der Waals surface area contributed by atoms with Crippen molar-refractivity contribution in [3.8, 4) is 0 Å². The van der Waals surface area contributed by atoms with Crippen molar-refractivity contribution in [1.29, 1.82) is 0 Å². The van der Waals surface area contributed by atoms with E-state index >= 15 is 0 Å². The average Bonchev–Trinajstić information content (AvgIpc) is 2.44. The second-order valence-electron chi connectivity index (χ2n) is 7.48. The quantitative estimate of drug-likeness (QED) is 0.778. The highest BCUT2D eigenvalue weighted by Gasteiger charge is 2.24. The molecule has 1 aromatic rings. The Morgan fingerprint density at radius 1 is 1.00 bits per heavy atom. The average molecular weight is 354 g/mol. The molecule has 1 amide bonds. The van der Waals surface area contributed by atoms with Gasteiger partial charge in [0.1, 0.15) is 5.75 Å². The van der Waals surface area contributed by atoms with Crippen LogP contribution < -0.4 is 5.32 Å². The van der Waals surface area contributed by atoms with Crippen molar-refractivity contribution >= 4 is 15.7 Å². The molecule has 1 aromatic carbocycles. The number of benzene rings is 1. The third kappa shape index (κ3) is 6.27. The van der Waals surface area contributed by atoms with Gasteiger partial charge in [0.15, 0.2) is 9.84 Å². The Balaban J connectivity index is 2.86. The van der Waals surface area contributed by atoms with Crippen molar-refractivity contribution < 1.29 is 13.2 Å². The summed E-state index contributed by atoms with van der Waals surface area (Å²) in [5.74, 6) is -0.128. The SMILES string of the molecule is CC(C)Cc1ccc(C(NC(=O)CS(=O)(=O)C(C)C)C(C)C)cc1. The predicted molar refractivity (Wildman–Crippen MR) is 99.6 cm³/mol. The van der Waals surface area contributed by atoms with Crippen LogP contribution in [0.1, 0.15) is 58.7 Å². The summed E-state index contributed by atoms with van der Waals surface area (Å²) in [4.78, 5) is 12.2. The van der Waals surface area contributed by atoms with E-state index in [1.54, 1.807) is 13.8 Å². The molecule has 1 N–H and O–H groups in total. The van der Waals surface area contributed by atoms with Crippen LogP contribution in [-0.2, 0) is 21.1 Å². The highest BCUT2D eigenvalue weighted by molar-refractivity contribution is 7.92. The Labute approximate surface area is 147 Å². The summed E-state index contributed by atoms with van der Waals surface area (Å²) in [7, 11) is -3.38. The molecular formula is C19H31NO3S. The Hall–Kier alpha value is -1.36. The molecule has 0 aliphatic carbocycles. The van der Waals surface area contributed by atoms with E-state index in [0.29, 0.717) is 5.92 Å². The number of carbonyl (C=O) groups excluding carboxylic acids is 1. The first-order valence-electron chi connectivity index (χ1n) is 8.62. The van der Waals surface area contributed by atoms with Crippen LogP contribution in [0.2, 0.25) is 0 Å². The van der Waals surface area contributed by atoms with Crippen LogP contribution in [0, 0.1) is 11.8 Å². The van der Waals surface area contributed by atoms with E-state index in [1.807, 2.05) is 26.0 Å². The normalized spacial score (nSPS) is 13.5. The van der Waals surface area contributed by atoms with Gasteiger partial charge in [0.25, 0.3) is 0 Å². The molecule has 5 heteroatoms. The van der Waals surface area contributed by atoms with Gasteiger partial charge in [0, 0.05) is 0 Å². The second kappa shape index (κ2) is 8.65. The molecule has 0 aliphatic heterocycles. The monoisotopic (exact) mass is 353 g/mol. The van der Waals surface area contributed by atoms with E-state index in [0.717, 1.165) is 12.0 Å². The minimum atomic E-state index is -3.38. The molecule has 0 saturated carbocycles. The molecule has 0 fully saturated rings. The van der Waals surface area contributed by atoms with Crippen LogP contribution in [0.25, 0.3) is 0 Å². The minimum absolute atomic E-state index is 0.173. The van der Waals surface area contributed by atoms with Crippen molar-refractivity contribution in [2.24, 2.45) is 11.8 Å². The van der Waals surface area contributed by atoms with Crippen molar-refractivity contribution in [1.82, 2.24) is 5.32 Å². The predicted octanol–water partition coefficient (Wildman–Crippen LogP) is 3.52. The van der Waals surface area contributed by atoms with E-state index < -0.39 is 26.7 Å². The van der Waals surface area contributed by atoms with E-state index in [9.17, 15) is 13.2 Å². The largest absolute Gasteiger partial charge is 0.348 e. The first-order chi connectivity index (χ1) is 11.0. The zero-order valence-electron chi connectivity index (χ0n) is 15.7.